The number of anilines is 1. The van der Waals surface area contributed by atoms with Crippen molar-refractivity contribution in [2.24, 2.45) is 11.5 Å². The number of hydrogen-bond donors (Lipinski definition) is 4. The smallest absolute Gasteiger partial charge is 0.333 e. The van der Waals surface area contributed by atoms with Crippen LogP contribution in [0.15, 0.2) is 36.4 Å². The molecule has 1 aliphatic rings. The summed E-state index contributed by atoms with van der Waals surface area (Å²) in [5.41, 5.74) is 16.0. The van der Waals surface area contributed by atoms with Crippen molar-refractivity contribution in [3.8, 4) is 5.75 Å². The lowest BCUT2D eigenvalue weighted by molar-refractivity contribution is -0.144. The van der Waals surface area contributed by atoms with Crippen LogP contribution >= 0.6 is 12.4 Å². The highest BCUT2D eigenvalue weighted by atomic mass is 35.5. The molecule has 0 aromatic heterocycles. The molecule has 1 unspecified atom stereocenters. The van der Waals surface area contributed by atoms with Crippen molar-refractivity contribution >= 4 is 29.9 Å². The molecular formula is C24H33ClN4O3. The molecule has 1 atom stereocenters. The number of benzene rings is 2. The summed E-state index contributed by atoms with van der Waals surface area (Å²) in [5, 5.41) is 10.9. The third-order valence-corrected chi connectivity index (χ3v) is 5.69. The van der Waals surface area contributed by atoms with Crippen molar-refractivity contribution in [3.63, 3.8) is 0 Å². The Morgan fingerprint density at radius 2 is 1.88 bits per heavy atom. The van der Waals surface area contributed by atoms with Gasteiger partial charge in [0, 0.05) is 17.8 Å². The summed E-state index contributed by atoms with van der Waals surface area (Å²) < 4.78 is 11.2. The molecular weight excluding hydrogens is 428 g/mol. The van der Waals surface area contributed by atoms with Gasteiger partial charge in [-0.25, -0.2) is 4.79 Å². The fourth-order valence-electron chi connectivity index (χ4n) is 3.92. The van der Waals surface area contributed by atoms with Gasteiger partial charge in [-0.2, -0.15) is 0 Å². The van der Waals surface area contributed by atoms with Crippen LogP contribution in [-0.4, -0.2) is 25.0 Å². The van der Waals surface area contributed by atoms with Crippen LogP contribution < -0.4 is 21.5 Å². The minimum absolute atomic E-state index is 0. The van der Waals surface area contributed by atoms with Crippen LogP contribution in [0.3, 0.4) is 0 Å². The highest BCUT2D eigenvalue weighted by Crippen LogP contribution is 2.42. The fourth-order valence-corrected chi connectivity index (χ4v) is 3.92. The zero-order valence-electron chi connectivity index (χ0n) is 18.6. The second-order valence-corrected chi connectivity index (χ2v) is 7.67. The number of carbonyl (C=O) groups excluding carboxylic acids is 1. The Hall–Kier alpha value is -2.77. The van der Waals surface area contributed by atoms with Crippen LogP contribution in [-0.2, 0) is 16.1 Å². The maximum absolute atomic E-state index is 13.0. The van der Waals surface area contributed by atoms with Crippen LogP contribution in [0.5, 0.6) is 5.75 Å². The summed E-state index contributed by atoms with van der Waals surface area (Å²) in [6, 6.07) is 10.3. The van der Waals surface area contributed by atoms with Gasteiger partial charge in [0.05, 0.1) is 13.2 Å². The van der Waals surface area contributed by atoms with Gasteiger partial charge >= 0.3 is 5.97 Å². The molecule has 32 heavy (non-hydrogen) atoms. The summed E-state index contributed by atoms with van der Waals surface area (Å²) in [6.07, 6.45) is 3.43. The van der Waals surface area contributed by atoms with Crippen molar-refractivity contribution in [3.05, 3.63) is 58.7 Å². The topological polar surface area (TPSA) is 123 Å². The van der Waals surface area contributed by atoms with E-state index in [9.17, 15) is 4.79 Å². The largest absolute Gasteiger partial charge is 0.494 e. The van der Waals surface area contributed by atoms with E-state index in [0.717, 1.165) is 41.0 Å². The molecule has 6 N–H and O–H groups in total. The number of nitrogens with two attached hydrogens (primary N) is 2. The molecule has 2 aromatic rings. The predicted octanol–water partition coefficient (Wildman–Crippen LogP) is 4.23. The molecule has 0 heterocycles. The summed E-state index contributed by atoms with van der Waals surface area (Å²) in [5.74, 6) is 0.796. The molecule has 2 aromatic carbocycles. The Balaban J connectivity index is 0.00000363. The number of halogens is 1. The van der Waals surface area contributed by atoms with Crippen LogP contribution in [0.4, 0.5) is 5.69 Å². The summed E-state index contributed by atoms with van der Waals surface area (Å²) in [7, 11) is 0. The molecule has 1 fully saturated rings. The molecule has 7 nitrogen and oxygen atoms in total. The third kappa shape index (κ3) is 5.72. The molecule has 0 radical (unpaired) electrons. The van der Waals surface area contributed by atoms with Gasteiger partial charge in [0.2, 0.25) is 0 Å². The van der Waals surface area contributed by atoms with Gasteiger partial charge in [0.15, 0.2) is 6.04 Å². The Morgan fingerprint density at radius 3 is 2.38 bits per heavy atom. The molecule has 0 amide bonds. The molecule has 0 bridgehead atoms. The quantitative estimate of drug-likeness (QED) is 0.239. The molecule has 0 aliphatic heterocycles. The molecule has 174 valence electrons. The van der Waals surface area contributed by atoms with Gasteiger partial charge in [0.25, 0.3) is 0 Å². The molecule has 0 saturated heterocycles. The normalized spacial score (nSPS) is 14.0. The maximum Gasteiger partial charge on any atom is 0.333 e. The Kier molecular flexibility index (Phi) is 9.35. The van der Waals surface area contributed by atoms with E-state index in [1.165, 1.54) is 6.42 Å². The van der Waals surface area contributed by atoms with E-state index in [4.69, 9.17) is 26.4 Å². The predicted molar refractivity (Wildman–Crippen MR) is 130 cm³/mol. The second-order valence-electron chi connectivity index (χ2n) is 7.67. The summed E-state index contributed by atoms with van der Waals surface area (Å²) >= 11 is 0. The van der Waals surface area contributed by atoms with Gasteiger partial charge in [-0.3, -0.25) is 5.41 Å². The zero-order valence-corrected chi connectivity index (χ0v) is 19.5. The SMILES string of the molecule is CCOC(=O)C(Nc1ccc(C(=N)N)cc1)c1cc(OCC)cc(C2CCC2)c1CN.Cl. The van der Waals surface area contributed by atoms with Gasteiger partial charge in [-0.15, -0.1) is 12.4 Å². The van der Waals surface area contributed by atoms with Gasteiger partial charge < -0.3 is 26.3 Å². The van der Waals surface area contributed by atoms with Gasteiger partial charge in [-0.05, 0) is 85.7 Å². The average molecular weight is 461 g/mol. The van der Waals surface area contributed by atoms with Crippen molar-refractivity contribution in [1.82, 2.24) is 0 Å². The molecule has 1 saturated carbocycles. The highest BCUT2D eigenvalue weighted by molar-refractivity contribution is 5.95. The van der Waals surface area contributed by atoms with Crippen LogP contribution in [0.25, 0.3) is 0 Å². The van der Waals surface area contributed by atoms with Gasteiger partial charge in [0.1, 0.15) is 11.6 Å². The summed E-state index contributed by atoms with van der Waals surface area (Å²) in [4.78, 5) is 13.0. The first-order chi connectivity index (χ1) is 15.0. The number of amidine groups is 1. The van der Waals surface area contributed by atoms with E-state index in [1.807, 2.05) is 13.0 Å². The Bertz CT molecular complexity index is 930. The first kappa shape index (κ1) is 25.5. The average Bonchev–Trinajstić information content (AvgIpc) is 2.71. The van der Waals surface area contributed by atoms with Crippen LogP contribution in [0, 0.1) is 5.41 Å². The van der Waals surface area contributed by atoms with E-state index < -0.39 is 6.04 Å². The van der Waals surface area contributed by atoms with Crippen molar-refractivity contribution in [2.75, 3.05) is 18.5 Å². The standard InChI is InChI=1S/C24H32N4O3.ClH/c1-3-30-18-12-19(15-6-5-7-15)21(14-25)20(13-18)22(24(29)31-4-2)28-17-10-8-16(9-11-17)23(26)27;/h8-13,15,22,28H,3-7,14,25H2,1-2H3,(H3,26,27);1H. The lowest BCUT2D eigenvalue weighted by atomic mass is 9.76. The second kappa shape index (κ2) is 11.7. The number of esters is 1. The minimum Gasteiger partial charge on any atom is -0.494 e. The first-order valence-corrected chi connectivity index (χ1v) is 10.9. The minimum atomic E-state index is -0.735. The van der Waals surface area contributed by atoms with Gasteiger partial charge in [-0.1, -0.05) is 6.42 Å². The number of ether oxygens (including phenoxy) is 2. The number of nitrogens with one attached hydrogen (secondary N) is 2. The molecule has 0 spiro atoms. The number of rotatable bonds is 10. The van der Waals surface area contributed by atoms with Crippen LogP contribution in [0.1, 0.15) is 67.3 Å². The van der Waals surface area contributed by atoms with Crippen molar-refractivity contribution in [1.29, 1.82) is 5.41 Å². The van der Waals surface area contributed by atoms with E-state index in [0.29, 0.717) is 24.6 Å². The monoisotopic (exact) mass is 460 g/mol. The lowest BCUT2D eigenvalue weighted by Crippen LogP contribution is -2.26. The Morgan fingerprint density at radius 1 is 1.19 bits per heavy atom. The highest BCUT2D eigenvalue weighted by Gasteiger charge is 2.30. The van der Waals surface area contributed by atoms with E-state index in [-0.39, 0.29) is 30.8 Å². The lowest BCUT2D eigenvalue weighted by Gasteiger charge is -2.31. The van der Waals surface area contributed by atoms with E-state index in [2.05, 4.69) is 11.4 Å². The number of carbonyl (C=O) groups is 1. The molecule has 8 heteroatoms. The van der Waals surface area contributed by atoms with E-state index >= 15 is 0 Å². The van der Waals surface area contributed by atoms with Crippen LogP contribution in [0.2, 0.25) is 0 Å². The summed E-state index contributed by atoms with van der Waals surface area (Å²) in [6.45, 7) is 4.87. The zero-order chi connectivity index (χ0) is 22.4. The number of nitrogen functional groups attached to an aromatic ring is 1. The fraction of sp³-hybridized carbons (Fsp3) is 0.417. The maximum atomic E-state index is 13.0. The third-order valence-electron chi connectivity index (χ3n) is 5.69. The molecule has 3 rings (SSSR count). The van der Waals surface area contributed by atoms with Crippen molar-refractivity contribution in [2.45, 2.75) is 51.6 Å². The Labute approximate surface area is 195 Å². The van der Waals surface area contributed by atoms with Crippen molar-refractivity contribution < 1.29 is 14.3 Å². The first-order valence-electron chi connectivity index (χ1n) is 10.9. The molecule has 1 aliphatic carbocycles. The van der Waals surface area contributed by atoms with E-state index in [1.54, 1.807) is 31.2 Å². The number of hydrogen-bond acceptors (Lipinski definition) is 6.